The maximum atomic E-state index is 3.27. The quantitative estimate of drug-likeness (QED) is 0.843. The summed E-state index contributed by atoms with van der Waals surface area (Å²) in [6.45, 7) is 4.59. The highest BCUT2D eigenvalue weighted by atomic mass is 15.2. The molecule has 1 N–H and O–H groups in total. The second-order valence-electron chi connectivity index (χ2n) is 6.48. The van der Waals surface area contributed by atoms with Gasteiger partial charge in [-0.05, 0) is 57.0 Å². The number of rotatable bonds is 4. The van der Waals surface area contributed by atoms with Gasteiger partial charge in [-0.2, -0.15) is 0 Å². The number of hydrogen-bond donors (Lipinski definition) is 1. The van der Waals surface area contributed by atoms with Gasteiger partial charge in [-0.1, -0.05) is 37.3 Å². The molecular weight excluding hydrogens is 256 g/mol. The number of hydrogen-bond acceptors (Lipinski definition) is 2. The molecule has 0 fully saturated rings. The van der Waals surface area contributed by atoms with E-state index >= 15 is 0 Å². The van der Waals surface area contributed by atoms with Crippen molar-refractivity contribution in [1.29, 1.82) is 0 Å². The molecule has 0 amide bonds. The number of para-hydroxylation sites is 1. The standard InChI is InChI=1S/C19H26N2/c1-19-12-6-5-10-18(19)21(15-7-14-20-2)17-9-4-3-8-16(17)11-13-19/h3-6,8-10,20H,7,11-15H2,1-2H3. The van der Waals surface area contributed by atoms with Crippen LogP contribution >= 0.6 is 0 Å². The molecule has 0 aromatic heterocycles. The minimum atomic E-state index is 0.285. The van der Waals surface area contributed by atoms with E-state index in [1.807, 2.05) is 7.05 Å². The highest BCUT2D eigenvalue weighted by Crippen LogP contribution is 2.46. The van der Waals surface area contributed by atoms with E-state index in [0.29, 0.717) is 0 Å². The van der Waals surface area contributed by atoms with Crippen molar-refractivity contribution in [1.82, 2.24) is 5.32 Å². The van der Waals surface area contributed by atoms with E-state index in [1.165, 1.54) is 36.2 Å². The molecule has 1 atom stereocenters. The van der Waals surface area contributed by atoms with Crippen LogP contribution in [-0.4, -0.2) is 20.1 Å². The van der Waals surface area contributed by atoms with Gasteiger partial charge >= 0.3 is 0 Å². The van der Waals surface area contributed by atoms with Crippen molar-refractivity contribution in [2.75, 3.05) is 25.0 Å². The van der Waals surface area contributed by atoms with E-state index in [2.05, 4.69) is 59.6 Å². The van der Waals surface area contributed by atoms with E-state index in [9.17, 15) is 0 Å². The number of allylic oxidation sites excluding steroid dienone is 4. The third kappa shape index (κ3) is 2.77. The summed E-state index contributed by atoms with van der Waals surface area (Å²) in [7, 11) is 2.03. The van der Waals surface area contributed by atoms with E-state index in [4.69, 9.17) is 0 Å². The Hall–Kier alpha value is -1.54. The van der Waals surface area contributed by atoms with Crippen LogP contribution in [0.4, 0.5) is 5.69 Å². The molecule has 0 radical (unpaired) electrons. The first-order chi connectivity index (χ1) is 10.2. The van der Waals surface area contributed by atoms with Gasteiger partial charge in [-0.15, -0.1) is 0 Å². The van der Waals surface area contributed by atoms with Crippen molar-refractivity contribution in [3.63, 3.8) is 0 Å². The van der Waals surface area contributed by atoms with E-state index < -0.39 is 0 Å². The Kier molecular flexibility index (Phi) is 4.16. The first-order valence-electron chi connectivity index (χ1n) is 8.12. The summed E-state index contributed by atoms with van der Waals surface area (Å²) in [4.78, 5) is 2.57. The highest BCUT2D eigenvalue weighted by Gasteiger charge is 2.36. The summed E-state index contributed by atoms with van der Waals surface area (Å²) in [5, 5.41) is 3.27. The molecule has 21 heavy (non-hydrogen) atoms. The van der Waals surface area contributed by atoms with Gasteiger partial charge in [-0.3, -0.25) is 0 Å². The van der Waals surface area contributed by atoms with Crippen LogP contribution in [0.2, 0.25) is 0 Å². The molecule has 1 aromatic rings. The molecule has 2 aliphatic rings. The smallest absolute Gasteiger partial charge is 0.0440 e. The Morgan fingerprint density at radius 2 is 2.14 bits per heavy atom. The molecule has 2 nitrogen and oxygen atoms in total. The summed E-state index contributed by atoms with van der Waals surface area (Å²) < 4.78 is 0. The van der Waals surface area contributed by atoms with Gasteiger partial charge in [-0.25, -0.2) is 0 Å². The van der Waals surface area contributed by atoms with Crippen LogP contribution in [0.5, 0.6) is 0 Å². The molecule has 2 heteroatoms. The fraction of sp³-hybridized carbons (Fsp3) is 0.474. The average Bonchev–Trinajstić information content (AvgIpc) is 2.63. The molecule has 0 saturated carbocycles. The Bertz CT molecular complexity index is 558. The normalized spacial score (nSPS) is 24.1. The first-order valence-corrected chi connectivity index (χ1v) is 8.12. The molecule has 3 rings (SSSR count). The minimum absolute atomic E-state index is 0.285. The largest absolute Gasteiger partial charge is 0.344 e. The van der Waals surface area contributed by atoms with Crippen molar-refractivity contribution in [3.05, 3.63) is 53.8 Å². The lowest BCUT2D eigenvalue weighted by atomic mass is 9.76. The lowest BCUT2D eigenvalue weighted by molar-refractivity contribution is 0.360. The van der Waals surface area contributed by atoms with Crippen molar-refractivity contribution < 1.29 is 0 Å². The highest BCUT2D eigenvalue weighted by molar-refractivity contribution is 5.61. The van der Waals surface area contributed by atoms with Gasteiger partial charge in [0.1, 0.15) is 0 Å². The van der Waals surface area contributed by atoms with Crippen LogP contribution in [0.15, 0.2) is 48.2 Å². The molecule has 112 valence electrons. The second-order valence-corrected chi connectivity index (χ2v) is 6.48. The number of fused-ring (bicyclic) bond motifs is 2. The number of aryl methyl sites for hydroxylation is 1. The predicted molar refractivity (Wildman–Crippen MR) is 90.6 cm³/mol. The van der Waals surface area contributed by atoms with Crippen LogP contribution in [-0.2, 0) is 6.42 Å². The predicted octanol–water partition coefficient (Wildman–Crippen LogP) is 3.90. The van der Waals surface area contributed by atoms with Crippen molar-refractivity contribution >= 4 is 5.69 Å². The van der Waals surface area contributed by atoms with Crippen molar-refractivity contribution in [3.8, 4) is 0 Å². The lowest BCUT2D eigenvalue weighted by Gasteiger charge is -2.39. The fourth-order valence-corrected chi connectivity index (χ4v) is 3.62. The van der Waals surface area contributed by atoms with Crippen LogP contribution in [0, 0.1) is 5.41 Å². The zero-order valence-electron chi connectivity index (χ0n) is 13.2. The third-order valence-corrected chi connectivity index (χ3v) is 4.90. The fourth-order valence-electron chi connectivity index (χ4n) is 3.62. The Balaban J connectivity index is 1.99. The SMILES string of the molecule is CNCCCN1C2=CC=CCC2(C)CCc2ccccc21. The third-order valence-electron chi connectivity index (χ3n) is 4.90. The second kappa shape index (κ2) is 6.07. The minimum Gasteiger partial charge on any atom is -0.344 e. The zero-order valence-corrected chi connectivity index (χ0v) is 13.2. The van der Waals surface area contributed by atoms with Crippen molar-refractivity contribution in [2.24, 2.45) is 5.41 Å². The summed E-state index contributed by atoms with van der Waals surface area (Å²) in [6.07, 6.45) is 11.6. The summed E-state index contributed by atoms with van der Waals surface area (Å²) >= 11 is 0. The molecule has 1 heterocycles. The van der Waals surface area contributed by atoms with Gasteiger partial charge in [0.05, 0.1) is 0 Å². The number of nitrogens with one attached hydrogen (secondary N) is 1. The molecule has 1 aromatic carbocycles. The van der Waals surface area contributed by atoms with E-state index in [0.717, 1.165) is 19.5 Å². The molecule has 0 saturated heterocycles. The average molecular weight is 282 g/mol. The molecular formula is C19H26N2. The lowest BCUT2D eigenvalue weighted by Crippen LogP contribution is -2.34. The molecule has 1 aliphatic carbocycles. The van der Waals surface area contributed by atoms with Gasteiger partial charge in [0.15, 0.2) is 0 Å². The summed E-state index contributed by atoms with van der Waals surface area (Å²) in [5.74, 6) is 0. The topological polar surface area (TPSA) is 15.3 Å². The van der Waals surface area contributed by atoms with Crippen LogP contribution in [0.1, 0.15) is 31.7 Å². The molecule has 0 spiro atoms. The molecule has 1 aliphatic heterocycles. The van der Waals surface area contributed by atoms with E-state index in [1.54, 1.807) is 0 Å². The Morgan fingerprint density at radius 1 is 1.29 bits per heavy atom. The monoisotopic (exact) mass is 282 g/mol. The number of anilines is 1. The molecule has 0 bridgehead atoms. The van der Waals surface area contributed by atoms with Gasteiger partial charge < -0.3 is 10.2 Å². The Morgan fingerprint density at radius 3 is 3.00 bits per heavy atom. The summed E-state index contributed by atoms with van der Waals surface area (Å²) in [6, 6.07) is 8.94. The van der Waals surface area contributed by atoms with Crippen molar-refractivity contribution in [2.45, 2.75) is 32.6 Å². The van der Waals surface area contributed by atoms with Gasteiger partial charge in [0.2, 0.25) is 0 Å². The van der Waals surface area contributed by atoms with E-state index in [-0.39, 0.29) is 5.41 Å². The Labute approximate surface area is 128 Å². The van der Waals surface area contributed by atoms with Gasteiger partial charge in [0, 0.05) is 23.3 Å². The van der Waals surface area contributed by atoms with Crippen LogP contribution in [0.3, 0.4) is 0 Å². The first kappa shape index (κ1) is 14.4. The zero-order chi connectivity index (χ0) is 14.7. The maximum Gasteiger partial charge on any atom is 0.0440 e. The molecule has 1 unspecified atom stereocenters. The number of benzene rings is 1. The maximum absolute atomic E-state index is 3.27. The summed E-state index contributed by atoms with van der Waals surface area (Å²) in [5.41, 5.74) is 4.70. The van der Waals surface area contributed by atoms with Crippen LogP contribution in [0.25, 0.3) is 0 Å². The number of nitrogens with zero attached hydrogens (tertiary/aromatic N) is 1. The van der Waals surface area contributed by atoms with Crippen LogP contribution < -0.4 is 10.2 Å². The van der Waals surface area contributed by atoms with Gasteiger partial charge in [0.25, 0.3) is 0 Å².